The van der Waals surface area contributed by atoms with Gasteiger partial charge in [0.2, 0.25) is 5.75 Å². The predicted octanol–water partition coefficient (Wildman–Crippen LogP) is 2.18. The van der Waals surface area contributed by atoms with Crippen LogP contribution in [0.3, 0.4) is 0 Å². The number of nitriles is 1. The van der Waals surface area contributed by atoms with Gasteiger partial charge < -0.3 is 18.9 Å². The Bertz CT molecular complexity index is 586. The Morgan fingerprint density at radius 1 is 1.19 bits per heavy atom. The molecule has 0 unspecified atom stereocenters. The maximum absolute atomic E-state index is 11.6. The summed E-state index contributed by atoms with van der Waals surface area (Å²) in [5.74, 6) is 0.557. The third kappa shape index (κ3) is 3.66. The Morgan fingerprint density at radius 2 is 1.86 bits per heavy atom. The van der Waals surface area contributed by atoms with Crippen molar-refractivity contribution in [3.63, 3.8) is 0 Å². The van der Waals surface area contributed by atoms with Crippen LogP contribution in [0.25, 0.3) is 6.08 Å². The molecular formula is C15H17NO5. The van der Waals surface area contributed by atoms with E-state index in [-0.39, 0.29) is 12.2 Å². The minimum Gasteiger partial charge on any atom is -0.493 e. The van der Waals surface area contributed by atoms with Gasteiger partial charge in [-0.15, -0.1) is 0 Å². The number of benzene rings is 1. The third-order valence-corrected chi connectivity index (χ3v) is 2.65. The van der Waals surface area contributed by atoms with E-state index in [1.807, 2.05) is 6.07 Å². The van der Waals surface area contributed by atoms with Crippen LogP contribution in [0.15, 0.2) is 17.7 Å². The largest absolute Gasteiger partial charge is 0.493 e. The molecule has 0 atom stereocenters. The molecule has 0 aromatic heterocycles. The van der Waals surface area contributed by atoms with E-state index in [2.05, 4.69) is 0 Å². The fourth-order valence-electron chi connectivity index (χ4n) is 1.74. The molecule has 0 saturated carbocycles. The van der Waals surface area contributed by atoms with Gasteiger partial charge in [0.05, 0.1) is 27.9 Å². The highest BCUT2D eigenvalue weighted by molar-refractivity contribution is 5.98. The number of esters is 1. The van der Waals surface area contributed by atoms with Crippen LogP contribution in [0, 0.1) is 11.3 Å². The highest BCUT2D eigenvalue weighted by Crippen LogP contribution is 2.40. The summed E-state index contributed by atoms with van der Waals surface area (Å²) in [6.45, 7) is 1.87. The van der Waals surface area contributed by atoms with Gasteiger partial charge in [0, 0.05) is 5.56 Å². The van der Waals surface area contributed by atoms with Crippen LogP contribution in [-0.2, 0) is 9.53 Å². The molecule has 21 heavy (non-hydrogen) atoms. The van der Waals surface area contributed by atoms with Crippen molar-refractivity contribution in [2.75, 3.05) is 27.9 Å². The summed E-state index contributed by atoms with van der Waals surface area (Å²) < 4.78 is 20.5. The summed E-state index contributed by atoms with van der Waals surface area (Å²) >= 11 is 0. The van der Waals surface area contributed by atoms with E-state index in [1.165, 1.54) is 27.4 Å². The Morgan fingerprint density at radius 3 is 2.33 bits per heavy atom. The number of nitrogens with zero attached hydrogens (tertiary/aromatic N) is 1. The van der Waals surface area contributed by atoms with Crippen LogP contribution < -0.4 is 14.2 Å². The van der Waals surface area contributed by atoms with Gasteiger partial charge in [-0.05, 0) is 25.1 Å². The molecule has 0 amide bonds. The molecule has 6 heteroatoms. The average molecular weight is 291 g/mol. The second-order valence-electron chi connectivity index (χ2n) is 3.81. The van der Waals surface area contributed by atoms with Crippen molar-refractivity contribution in [1.29, 1.82) is 5.26 Å². The van der Waals surface area contributed by atoms with Gasteiger partial charge in [-0.3, -0.25) is 0 Å². The van der Waals surface area contributed by atoms with Crippen LogP contribution in [0.5, 0.6) is 17.2 Å². The SMILES string of the molecule is CCOC(=O)C(C#N)=Cc1ccc(OC)c(OC)c1OC. The van der Waals surface area contributed by atoms with E-state index in [4.69, 9.17) is 24.2 Å². The smallest absolute Gasteiger partial charge is 0.348 e. The number of hydrogen-bond acceptors (Lipinski definition) is 6. The highest BCUT2D eigenvalue weighted by Gasteiger charge is 2.17. The van der Waals surface area contributed by atoms with Gasteiger partial charge in [0.25, 0.3) is 0 Å². The van der Waals surface area contributed by atoms with E-state index in [0.717, 1.165) is 0 Å². The van der Waals surface area contributed by atoms with Crippen molar-refractivity contribution in [3.05, 3.63) is 23.3 Å². The van der Waals surface area contributed by atoms with E-state index >= 15 is 0 Å². The molecule has 0 bridgehead atoms. The fourth-order valence-corrected chi connectivity index (χ4v) is 1.74. The zero-order chi connectivity index (χ0) is 15.8. The summed E-state index contributed by atoms with van der Waals surface area (Å²) in [4.78, 5) is 11.6. The van der Waals surface area contributed by atoms with Crippen molar-refractivity contribution < 1.29 is 23.7 Å². The zero-order valence-corrected chi connectivity index (χ0v) is 12.4. The summed E-state index contributed by atoms with van der Waals surface area (Å²) in [5, 5.41) is 9.06. The van der Waals surface area contributed by atoms with Crippen LogP contribution in [0.1, 0.15) is 12.5 Å². The third-order valence-electron chi connectivity index (χ3n) is 2.65. The molecule has 0 N–H and O–H groups in total. The van der Waals surface area contributed by atoms with Crippen molar-refractivity contribution in [3.8, 4) is 23.3 Å². The van der Waals surface area contributed by atoms with Crippen LogP contribution in [0.4, 0.5) is 0 Å². The second-order valence-corrected chi connectivity index (χ2v) is 3.81. The van der Waals surface area contributed by atoms with Crippen molar-refractivity contribution in [1.82, 2.24) is 0 Å². The molecule has 6 nitrogen and oxygen atoms in total. The molecule has 112 valence electrons. The van der Waals surface area contributed by atoms with Crippen LogP contribution in [0.2, 0.25) is 0 Å². The molecule has 0 aliphatic rings. The Hall–Kier alpha value is -2.68. The van der Waals surface area contributed by atoms with Crippen molar-refractivity contribution in [2.45, 2.75) is 6.92 Å². The molecule has 1 rings (SSSR count). The van der Waals surface area contributed by atoms with Crippen molar-refractivity contribution in [2.24, 2.45) is 0 Å². The van der Waals surface area contributed by atoms with E-state index in [1.54, 1.807) is 19.1 Å². The van der Waals surface area contributed by atoms with Gasteiger partial charge in [-0.1, -0.05) is 0 Å². The van der Waals surface area contributed by atoms with E-state index in [9.17, 15) is 4.79 Å². The number of methoxy groups -OCH3 is 3. The van der Waals surface area contributed by atoms with Gasteiger partial charge in [0.1, 0.15) is 11.6 Å². The average Bonchev–Trinajstić information content (AvgIpc) is 2.51. The Balaban J connectivity index is 3.36. The fraction of sp³-hybridized carbons (Fsp3) is 0.333. The van der Waals surface area contributed by atoms with Gasteiger partial charge >= 0.3 is 5.97 Å². The Kier molecular flexibility index (Phi) is 6.08. The first-order valence-corrected chi connectivity index (χ1v) is 6.20. The van der Waals surface area contributed by atoms with Crippen molar-refractivity contribution >= 4 is 12.0 Å². The first-order chi connectivity index (χ1) is 10.1. The second kappa shape index (κ2) is 7.80. The molecule has 0 heterocycles. The Labute approximate surface area is 123 Å². The highest BCUT2D eigenvalue weighted by atomic mass is 16.5. The molecule has 0 fully saturated rings. The number of carbonyl (C=O) groups is 1. The molecule has 0 radical (unpaired) electrons. The van der Waals surface area contributed by atoms with Crippen LogP contribution in [-0.4, -0.2) is 33.9 Å². The van der Waals surface area contributed by atoms with Gasteiger partial charge in [-0.25, -0.2) is 4.79 Å². The number of ether oxygens (including phenoxy) is 4. The number of hydrogen-bond donors (Lipinski definition) is 0. The number of rotatable bonds is 6. The van der Waals surface area contributed by atoms with E-state index < -0.39 is 5.97 Å². The topological polar surface area (TPSA) is 77.8 Å². The lowest BCUT2D eigenvalue weighted by molar-refractivity contribution is -0.137. The molecule has 0 saturated heterocycles. The normalized spacial score (nSPS) is 10.5. The lowest BCUT2D eigenvalue weighted by atomic mass is 10.1. The lowest BCUT2D eigenvalue weighted by Crippen LogP contribution is -2.06. The first kappa shape index (κ1) is 16.4. The minimum atomic E-state index is -0.683. The van der Waals surface area contributed by atoms with Crippen LogP contribution >= 0.6 is 0 Å². The zero-order valence-electron chi connectivity index (χ0n) is 12.4. The summed E-state index contributed by atoms with van der Waals surface area (Å²) in [7, 11) is 4.45. The molecule has 0 spiro atoms. The minimum absolute atomic E-state index is 0.123. The molecule has 1 aromatic rings. The lowest BCUT2D eigenvalue weighted by Gasteiger charge is -2.14. The quantitative estimate of drug-likeness (QED) is 0.454. The summed E-state index contributed by atoms with van der Waals surface area (Å²) in [6, 6.07) is 5.13. The maximum atomic E-state index is 11.6. The van der Waals surface area contributed by atoms with E-state index in [0.29, 0.717) is 22.8 Å². The summed E-state index contributed by atoms with van der Waals surface area (Å²) in [5.41, 5.74) is 0.391. The number of carbonyl (C=O) groups excluding carboxylic acids is 1. The maximum Gasteiger partial charge on any atom is 0.348 e. The monoisotopic (exact) mass is 291 g/mol. The standard InChI is InChI=1S/C15H17NO5/c1-5-21-15(17)11(9-16)8-10-6-7-12(18-2)14(20-4)13(10)19-3/h6-8H,5H2,1-4H3. The van der Waals surface area contributed by atoms with Gasteiger partial charge in [-0.2, -0.15) is 5.26 Å². The molecule has 0 aliphatic carbocycles. The van der Waals surface area contributed by atoms with Gasteiger partial charge in [0.15, 0.2) is 11.5 Å². The predicted molar refractivity (Wildman–Crippen MR) is 76.3 cm³/mol. The summed E-state index contributed by atoms with van der Waals surface area (Å²) in [6.07, 6.45) is 1.39. The molecule has 1 aromatic carbocycles. The molecule has 0 aliphatic heterocycles. The first-order valence-electron chi connectivity index (χ1n) is 6.20. The molecular weight excluding hydrogens is 274 g/mol.